The van der Waals surface area contributed by atoms with Crippen LogP contribution in [0, 0.1) is 23.2 Å². The largest absolute Gasteiger partial charge is 0.325 e. The Labute approximate surface area is 133 Å². The van der Waals surface area contributed by atoms with E-state index in [9.17, 15) is 4.79 Å². The van der Waals surface area contributed by atoms with Crippen molar-refractivity contribution in [2.24, 2.45) is 11.8 Å². The number of hydrogen-bond acceptors (Lipinski definition) is 3. The number of rotatable bonds is 5. The monoisotopic (exact) mass is 299 g/mol. The highest BCUT2D eigenvalue weighted by Gasteiger charge is 2.21. The number of benzene rings is 1. The zero-order valence-corrected chi connectivity index (χ0v) is 13.5. The molecule has 118 valence electrons. The number of amides is 1. The standard InChI is InChI=1S/C18H25N3O/c1-14-10-15(2)13-21(12-14)9-5-8-18(22)20-17-7-4-3-6-16(17)11-19/h3-4,6-7,14-15H,5,8-10,12-13H2,1-2H3,(H,20,22). The van der Waals surface area contributed by atoms with Gasteiger partial charge < -0.3 is 10.2 Å². The summed E-state index contributed by atoms with van der Waals surface area (Å²) in [6.07, 6.45) is 2.67. The van der Waals surface area contributed by atoms with E-state index in [1.54, 1.807) is 18.2 Å². The first-order valence-corrected chi connectivity index (χ1v) is 8.10. The first-order chi connectivity index (χ1) is 10.6. The predicted molar refractivity (Wildman–Crippen MR) is 88.4 cm³/mol. The number of para-hydroxylation sites is 1. The highest BCUT2D eigenvalue weighted by Crippen LogP contribution is 2.21. The molecule has 1 amide bonds. The van der Waals surface area contributed by atoms with E-state index in [1.807, 2.05) is 6.07 Å². The zero-order chi connectivity index (χ0) is 15.9. The van der Waals surface area contributed by atoms with E-state index < -0.39 is 0 Å². The Bertz CT molecular complexity index is 540. The molecule has 0 saturated carbocycles. The van der Waals surface area contributed by atoms with E-state index in [-0.39, 0.29) is 5.91 Å². The van der Waals surface area contributed by atoms with E-state index in [4.69, 9.17) is 5.26 Å². The Kier molecular flexibility index (Phi) is 5.97. The minimum Gasteiger partial charge on any atom is -0.325 e. The minimum absolute atomic E-state index is 0.0131. The lowest BCUT2D eigenvalue weighted by Gasteiger charge is -2.34. The number of nitrogens with one attached hydrogen (secondary N) is 1. The van der Waals surface area contributed by atoms with Gasteiger partial charge in [0.05, 0.1) is 11.3 Å². The van der Waals surface area contributed by atoms with Crippen LogP contribution in [0.1, 0.15) is 38.7 Å². The number of carbonyl (C=O) groups excluding carboxylic acids is 1. The molecule has 4 heteroatoms. The average molecular weight is 299 g/mol. The molecule has 1 fully saturated rings. The molecule has 0 bridgehead atoms. The van der Waals surface area contributed by atoms with E-state index in [2.05, 4.69) is 30.1 Å². The fourth-order valence-corrected chi connectivity index (χ4v) is 3.34. The second-order valence-corrected chi connectivity index (χ2v) is 6.51. The quantitative estimate of drug-likeness (QED) is 0.908. The normalized spacial score (nSPS) is 22.0. The molecule has 1 aliphatic rings. The molecule has 4 nitrogen and oxygen atoms in total. The molecular formula is C18H25N3O. The fourth-order valence-electron chi connectivity index (χ4n) is 3.34. The maximum absolute atomic E-state index is 12.0. The molecule has 0 spiro atoms. The highest BCUT2D eigenvalue weighted by atomic mass is 16.1. The van der Waals surface area contributed by atoms with Gasteiger partial charge in [-0.2, -0.15) is 5.26 Å². The van der Waals surface area contributed by atoms with Crippen LogP contribution in [0.15, 0.2) is 24.3 Å². The van der Waals surface area contributed by atoms with Crippen molar-refractivity contribution >= 4 is 11.6 Å². The van der Waals surface area contributed by atoms with Crippen molar-refractivity contribution in [3.63, 3.8) is 0 Å². The lowest BCUT2D eigenvalue weighted by atomic mass is 9.92. The molecule has 1 N–H and O–H groups in total. The van der Waals surface area contributed by atoms with E-state index in [1.165, 1.54) is 6.42 Å². The number of nitriles is 1. The van der Waals surface area contributed by atoms with E-state index in [0.29, 0.717) is 17.7 Å². The predicted octanol–water partition coefficient (Wildman–Crippen LogP) is 3.25. The van der Waals surface area contributed by atoms with Crippen molar-refractivity contribution in [1.29, 1.82) is 5.26 Å². The molecule has 0 aliphatic carbocycles. The maximum atomic E-state index is 12.0. The van der Waals surface area contributed by atoms with Crippen LogP contribution < -0.4 is 5.32 Å². The van der Waals surface area contributed by atoms with E-state index >= 15 is 0 Å². The van der Waals surface area contributed by atoms with Gasteiger partial charge in [-0.25, -0.2) is 0 Å². The number of anilines is 1. The Hall–Kier alpha value is -1.86. The van der Waals surface area contributed by atoms with Gasteiger partial charge in [0.25, 0.3) is 0 Å². The number of nitrogens with zero attached hydrogens (tertiary/aromatic N) is 2. The summed E-state index contributed by atoms with van der Waals surface area (Å²) in [6.45, 7) is 7.86. The second kappa shape index (κ2) is 7.95. The van der Waals surface area contributed by atoms with Crippen molar-refractivity contribution in [2.45, 2.75) is 33.1 Å². The molecule has 2 atom stereocenters. The van der Waals surface area contributed by atoms with Crippen LogP contribution in [0.5, 0.6) is 0 Å². The molecule has 2 rings (SSSR count). The third-order valence-electron chi connectivity index (χ3n) is 4.14. The number of piperidine rings is 1. The number of likely N-dealkylation sites (tertiary alicyclic amines) is 1. The maximum Gasteiger partial charge on any atom is 0.224 e. The Morgan fingerprint density at radius 2 is 2.00 bits per heavy atom. The van der Waals surface area contributed by atoms with Crippen LogP contribution in [0.2, 0.25) is 0 Å². The highest BCUT2D eigenvalue weighted by molar-refractivity contribution is 5.92. The lowest BCUT2D eigenvalue weighted by Crippen LogP contribution is -2.39. The summed E-state index contributed by atoms with van der Waals surface area (Å²) in [5.74, 6) is 1.49. The molecule has 1 aromatic carbocycles. The zero-order valence-electron chi connectivity index (χ0n) is 13.5. The summed E-state index contributed by atoms with van der Waals surface area (Å²) >= 11 is 0. The first kappa shape index (κ1) is 16.5. The SMILES string of the molecule is CC1CC(C)CN(CCCC(=O)Nc2ccccc2C#N)C1. The van der Waals surface area contributed by atoms with Gasteiger partial charge in [0.2, 0.25) is 5.91 Å². The topological polar surface area (TPSA) is 56.1 Å². The Balaban J connectivity index is 1.75. The number of carbonyl (C=O) groups is 1. The van der Waals surface area contributed by atoms with Gasteiger partial charge >= 0.3 is 0 Å². The average Bonchev–Trinajstić information content (AvgIpc) is 2.46. The van der Waals surface area contributed by atoms with E-state index in [0.717, 1.165) is 37.9 Å². The molecule has 0 radical (unpaired) electrons. The van der Waals surface area contributed by atoms with Crippen molar-refractivity contribution in [2.75, 3.05) is 25.0 Å². The van der Waals surface area contributed by atoms with Crippen LogP contribution in [0.3, 0.4) is 0 Å². The van der Waals surface area contributed by atoms with Gasteiger partial charge in [-0.05, 0) is 43.4 Å². The van der Waals surface area contributed by atoms with Gasteiger partial charge in [-0.1, -0.05) is 26.0 Å². The van der Waals surface area contributed by atoms with Crippen LogP contribution >= 0.6 is 0 Å². The molecule has 1 aliphatic heterocycles. The van der Waals surface area contributed by atoms with Crippen LogP contribution in [-0.4, -0.2) is 30.4 Å². The van der Waals surface area contributed by atoms with Crippen LogP contribution in [0.4, 0.5) is 5.69 Å². The molecule has 1 aromatic rings. The first-order valence-electron chi connectivity index (χ1n) is 8.10. The minimum atomic E-state index is -0.0131. The Morgan fingerprint density at radius 3 is 2.68 bits per heavy atom. The van der Waals surface area contributed by atoms with Gasteiger partial charge in [0.15, 0.2) is 0 Å². The summed E-state index contributed by atoms with van der Waals surface area (Å²) in [5, 5.41) is 11.9. The van der Waals surface area contributed by atoms with Crippen LogP contribution in [0.25, 0.3) is 0 Å². The molecular weight excluding hydrogens is 274 g/mol. The van der Waals surface area contributed by atoms with Gasteiger partial charge in [0.1, 0.15) is 6.07 Å². The summed E-state index contributed by atoms with van der Waals surface area (Å²) in [4.78, 5) is 14.5. The summed E-state index contributed by atoms with van der Waals surface area (Å²) in [5.41, 5.74) is 1.12. The van der Waals surface area contributed by atoms with Crippen molar-refractivity contribution in [3.05, 3.63) is 29.8 Å². The summed E-state index contributed by atoms with van der Waals surface area (Å²) in [6, 6.07) is 9.20. The van der Waals surface area contributed by atoms with Crippen molar-refractivity contribution < 1.29 is 4.79 Å². The second-order valence-electron chi connectivity index (χ2n) is 6.51. The van der Waals surface area contributed by atoms with Gasteiger partial charge in [0, 0.05) is 19.5 Å². The molecule has 1 saturated heterocycles. The third-order valence-corrected chi connectivity index (χ3v) is 4.14. The molecule has 0 aromatic heterocycles. The lowest BCUT2D eigenvalue weighted by molar-refractivity contribution is -0.116. The fraction of sp³-hybridized carbons (Fsp3) is 0.556. The van der Waals surface area contributed by atoms with Crippen molar-refractivity contribution in [1.82, 2.24) is 4.90 Å². The summed E-state index contributed by atoms with van der Waals surface area (Å²) in [7, 11) is 0. The summed E-state index contributed by atoms with van der Waals surface area (Å²) < 4.78 is 0. The third kappa shape index (κ3) is 4.85. The molecule has 1 heterocycles. The smallest absolute Gasteiger partial charge is 0.224 e. The van der Waals surface area contributed by atoms with Gasteiger partial charge in [-0.15, -0.1) is 0 Å². The van der Waals surface area contributed by atoms with Crippen LogP contribution in [-0.2, 0) is 4.79 Å². The Morgan fingerprint density at radius 1 is 1.32 bits per heavy atom. The molecule has 22 heavy (non-hydrogen) atoms. The van der Waals surface area contributed by atoms with Crippen molar-refractivity contribution in [3.8, 4) is 6.07 Å². The number of hydrogen-bond donors (Lipinski definition) is 1. The van der Waals surface area contributed by atoms with Gasteiger partial charge in [-0.3, -0.25) is 4.79 Å². The molecule has 2 unspecified atom stereocenters.